The van der Waals surface area contributed by atoms with E-state index < -0.39 is 23.6 Å². The Morgan fingerprint density at radius 1 is 1.06 bits per heavy atom. The van der Waals surface area contributed by atoms with E-state index >= 15 is 0 Å². The minimum atomic E-state index is -4.51. The van der Waals surface area contributed by atoms with Crippen LogP contribution in [0.1, 0.15) is 24.0 Å². The van der Waals surface area contributed by atoms with Crippen molar-refractivity contribution in [1.29, 1.82) is 0 Å². The quantitative estimate of drug-likeness (QED) is 0.415. The summed E-state index contributed by atoms with van der Waals surface area (Å²) in [6.07, 6.45) is -3.55. The number of carbonyl (C=O) groups is 2. The maximum atomic E-state index is 12.7. The van der Waals surface area contributed by atoms with Crippen LogP contribution in [0.5, 0.6) is 11.5 Å². The first kappa shape index (κ1) is 24.2. The summed E-state index contributed by atoms with van der Waals surface area (Å²) in [6, 6.07) is 7.58. The van der Waals surface area contributed by atoms with Crippen molar-refractivity contribution in [2.24, 2.45) is 5.10 Å². The standard InChI is InChI=1S/C20H19BrF3N3O4/c1-30-16-8-12(15(21)10-17(16)31-2)11-25-27-19(29)7-6-18(28)26-14-5-3-4-13(9-14)20(22,23)24/h3-5,8-11H,6-7H2,1-2H3,(H,26,28)(H,27,29). The van der Waals surface area contributed by atoms with Crippen LogP contribution in [-0.4, -0.2) is 32.2 Å². The van der Waals surface area contributed by atoms with Crippen molar-refractivity contribution in [3.05, 3.63) is 52.0 Å². The summed E-state index contributed by atoms with van der Waals surface area (Å²) in [7, 11) is 2.99. The molecule has 0 aromatic heterocycles. The van der Waals surface area contributed by atoms with E-state index in [9.17, 15) is 22.8 Å². The van der Waals surface area contributed by atoms with Gasteiger partial charge in [0, 0.05) is 28.6 Å². The van der Waals surface area contributed by atoms with Gasteiger partial charge in [-0.25, -0.2) is 5.43 Å². The fourth-order valence-corrected chi connectivity index (χ4v) is 2.85. The van der Waals surface area contributed by atoms with Crippen molar-refractivity contribution in [2.75, 3.05) is 19.5 Å². The number of nitrogens with one attached hydrogen (secondary N) is 2. The lowest BCUT2D eigenvalue weighted by atomic mass is 10.2. The van der Waals surface area contributed by atoms with E-state index in [4.69, 9.17) is 9.47 Å². The lowest BCUT2D eigenvalue weighted by Gasteiger charge is -2.10. The van der Waals surface area contributed by atoms with Crippen LogP contribution in [0.4, 0.5) is 18.9 Å². The molecule has 7 nitrogen and oxygen atoms in total. The molecule has 166 valence electrons. The van der Waals surface area contributed by atoms with Crippen molar-refractivity contribution in [3.8, 4) is 11.5 Å². The zero-order valence-electron chi connectivity index (χ0n) is 16.5. The van der Waals surface area contributed by atoms with Gasteiger partial charge in [-0.1, -0.05) is 6.07 Å². The van der Waals surface area contributed by atoms with E-state index in [2.05, 4.69) is 31.8 Å². The smallest absolute Gasteiger partial charge is 0.416 e. The number of hydrogen-bond acceptors (Lipinski definition) is 5. The summed E-state index contributed by atoms with van der Waals surface area (Å²) in [5.74, 6) is -0.139. The molecule has 2 rings (SSSR count). The Balaban J connectivity index is 1.86. The van der Waals surface area contributed by atoms with Gasteiger partial charge in [-0.05, 0) is 46.3 Å². The predicted octanol–water partition coefficient (Wildman–Crippen LogP) is 4.35. The Morgan fingerprint density at radius 3 is 2.35 bits per heavy atom. The van der Waals surface area contributed by atoms with Gasteiger partial charge >= 0.3 is 6.18 Å². The lowest BCUT2D eigenvalue weighted by Crippen LogP contribution is -2.20. The first-order valence-corrected chi connectivity index (χ1v) is 9.64. The number of halogens is 4. The van der Waals surface area contributed by atoms with Gasteiger partial charge in [-0.3, -0.25) is 9.59 Å². The molecule has 31 heavy (non-hydrogen) atoms. The van der Waals surface area contributed by atoms with Crippen molar-refractivity contribution >= 4 is 39.6 Å². The number of hydrazone groups is 1. The largest absolute Gasteiger partial charge is 0.493 e. The number of benzene rings is 2. The topological polar surface area (TPSA) is 89.0 Å². The second-order valence-corrected chi connectivity index (χ2v) is 7.00. The van der Waals surface area contributed by atoms with Crippen LogP contribution >= 0.6 is 15.9 Å². The number of hydrogen-bond donors (Lipinski definition) is 2. The number of carbonyl (C=O) groups excluding carboxylic acids is 2. The first-order chi connectivity index (χ1) is 14.6. The average molecular weight is 502 g/mol. The lowest BCUT2D eigenvalue weighted by molar-refractivity contribution is -0.137. The normalized spacial score (nSPS) is 11.3. The maximum Gasteiger partial charge on any atom is 0.416 e. The molecule has 0 bridgehead atoms. The van der Waals surface area contributed by atoms with Crippen molar-refractivity contribution in [1.82, 2.24) is 5.43 Å². The molecule has 0 fully saturated rings. The third kappa shape index (κ3) is 7.28. The fraction of sp³-hybridized carbons (Fsp3) is 0.250. The predicted molar refractivity (Wildman–Crippen MR) is 112 cm³/mol. The summed E-state index contributed by atoms with van der Waals surface area (Å²) >= 11 is 3.35. The van der Waals surface area contributed by atoms with Crippen molar-refractivity contribution < 1.29 is 32.2 Å². The van der Waals surface area contributed by atoms with Crippen LogP contribution in [0.2, 0.25) is 0 Å². The average Bonchev–Trinajstić information content (AvgIpc) is 2.72. The Morgan fingerprint density at radius 2 is 1.71 bits per heavy atom. The van der Waals surface area contributed by atoms with Gasteiger partial charge in [0.05, 0.1) is 26.0 Å². The third-order valence-electron chi connectivity index (χ3n) is 3.95. The molecule has 11 heteroatoms. The number of alkyl halides is 3. The summed E-state index contributed by atoms with van der Waals surface area (Å²) in [4.78, 5) is 23.8. The van der Waals surface area contributed by atoms with Gasteiger partial charge in [-0.2, -0.15) is 18.3 Å². The van der Waals surface area contributed by atoms with Gasteiger partial charge in [0.25, 0.3) is 0 Å². The SMILES string of the molecule is COc1cc(Br)c(C=NNC(=O)CCC(=O)Nc2cccc(C(F)(F)F)c2)cc1OC. The minimum Gasteiger partial charge on any atom is -0.493 e. The highest BCUT2D eigenvalue weighted by molar-refractivity contribution is 9.10. The van der Waals surface area contributed by atoms with E-state index in [1.54, 1.807) is 12.1 Å². The molecule has 2 amide bonds. The number of methoxy groups -OCH3 is 2. The highest BCUT2D eigenvalue weighted by Gasteiger charge is 2.30. The molecule has 2 aromatic rings. The Hall–Kier alpha value is -3.08. The number of nitrogens with zero attached hydrogens (tertiary/aromatic N) is 1. The number of ether oxygens (including phenoxy) is 2. The van der Waals surface area contributed by atoms with Crippen LogP contribution in [0.25, 0.3) is 0 Å². The Bertz CT molecular complexity index is 981. The molecular weight excluding hydrogens is 483 g/mol. The van der Waals surface area contributed by atoms with Gasteiger partial charge in [0.15, 0.2) is 11.5 Å². The minimum absolute atomic E-state index is 0.00319. The second-order valence-electron chi connectivity index (χ2n) is 6.15. The molecular formula is C20H19BrF3N3O4. The Labute approximate surface area is 184 Å². The van der Waals surface area contributed by atoms with E-state index in [0.29, 0.717) is 21.5 Å². The molecule has 0 aliphatic heterocycles. The van der Waals surface area contributed by atoms with Crippen LogP contribution in [-0.2, 0) is 15.8 Å². The molecule has 0 unspecified atom stereocenters. The molecule has 0 atom stereocenters. The van der Waals surface area contributed by atoms with Crippen LogP contribution < -0.4 is 20.2 Å². The summed E-state index contributed by atoms with van der Waals surface area (Å²) in [6.45, 7) is 0. The van der Waals surface area contributed by atoms with E-state index in [0.717, 1.165) is 12.1 Å². The van der Waals surface area contributed by atoms with E-state index in [1.807, 2.05) is 0 Å². The zero-order valence-corrected chi connectivity index (χ0v) is 18.1. The molecule has 0 spiro atoms. The number of anilines is 1. The monoisotopic (exact) mass is 501 g/mol. The fourth-order valence-electron chi connectivity index (χ4n) is 2.42. The summed E-state index contributed by atoms with van der Waals surface area (Å²) in [5, 5.41) is 6.16. The molecule has 0 aliphatic rings. The highest BCUT2D eigenvalue weighted by atomic mass is 79.9. The number of rotatable bonds is 8. The highest BCUT2D eigenvalue weighted by Crippen LogP contribution is 2.32. The second kappa shape index (κ2) is 10.8. The first-order valence-electron chi connectivity index (χ1n) is 8.84. The van der Waals surface area contributed by atoms with Crippen LogP contribution in [0.15, 0.2) is 46.0 Å². The molecule has 2 N–H and O–H groups in total. The van der Waals surface area contributed by atoms with Crippen molar-refractivity contribution in [3.63, 3.8) is 0 Å². The van der Waals surface area contributed by atoms with Gasteiger partial charge in [0.1, 0.15) is 0 Å². The molecule has 0 saturated heterocycles. The summed E-state index contributed by atoms with van der Waals surface area (Å²) < 4.78 is 49.2. The molecule has 2 aromatic carbocycles. The molecule has 0 aliphatic carbocycles. The summed E-state index contributed by atoms with van der Waals surface area (Å²) in [5.41, 5.74) is 2.01. The molecule has 0 heterocycles. The van der Waals surface area contributed by atoms with Gasteiger partial charge < -0.3 is 14.8 Å². The third-order valence-corrected chi connectivity index (χ3v) is 4.64. The van der Waals surface area contributed by atoms with E-state index in [-0.39, 0.29) is 18.5 Å². The van der Waals surface area contributed by atoms with E-state index in [1.165, 1.54) is 32.6 Å². The van der Waals surface area contributed by atoms with Crippen molar-refractivity contribution in [2.45, 2.75) is 19.0 Å². The van der Waals surface area contributed by atoms with Crippen LogP contribution in [0.3, 0.4) is 0 Å². The molecule has 0 radical (unpaired) electrons. The Kier molecular flexibility index (Phi) is 8.43. The zero-order chi connectivity index (χ0) is 23.0. The van der Waals surface area contributed by atoms with Gasteiger partial charge in [0.2, 0.25) is 11.8 Å². The molecule has 0 saturated carbocycles. The van der Waals surface area contributed by atoms with Gasteiger partial charge in [-0.15, -0.1) is 0 Å². The number of amides is 2. The maximum absolute atomic E-state index is 12.7. The van der Waals surface area contributed by atoms with Crippen LogP contribution in [0, 0.1) is 0 Å².